The standard InChI is InChI=1S/C14H13BO2/c16-9-11-5-1-3-7-13(11)15-14-8-4-2-6-12(14)10-17-15/h1-8,16H,9-10H2. The third-order valence-corrected chi connectivity index (χ3v) is 3.25. The number of fused-ring (bicyclic) bond motifs is 1. The predicted molar refractivity (Wildman–Crippen MR) is 68.6 cm³/mol. The Balaban J connectivity index is 2.07. The Morgan fingerprint density at radius 1 is 1.00 bits per heavy atom. The summed E-state index contributed by atoms with van der Waals surface area (Å²) in [7, 11) is 0. The van der Waals surface area contributed by atoms with Gasteiger partial charge in [0.05, 0.1) is 13.2 Å². The molecule has 1 heterocycles. The monoisotopic (exact) mass is 224 g/mol. The molecule has 84 valence electrons. The van der Waals surface area contributed by atoms with Crippen molar-refractivity contribution in [3.63, 3.8) is 0 Å². The van der Waals surface area contributed by atoms with Gasteiger partial charge in [-0.1, -0.05) is 48.5 Å². The van der Waals surface area contributed by atoms with Gasteiger partial charge in [-0.15, -0.1) is 0 Å². The molecule has 1 aliphatic heterocycles. The Morgan fingerprint density at radius 3 is 2.53 bits per heavy atom. The Kier molecular flexibility index (Phi) is 2.71. The van der Waals surface area contributed by atoms with E-state index in [1.54, 1.807) is 0 Å². The summed E-state index contributed by atoms with van der Waals surface area (Å²) in [6, 6.07) is 16.1. The zero-order valence-corrected chi connectivity index (χ0v) is 9.47. The molecule has 2 aromatic carbocycles. The first kappa shape index (κ1) is 10.6. The minimum atomic E-state index is -0.0328. The molecule has 2 nitrogen and oxygen atoms in total. The third kappa shape index (κ3) is 1.77. The van der Waals surface area contributed by atoms with Gasteiger partial charge in [0.2, 0.25) is 0 Å². The van der Waals surface area contributed by atoms with Gasteiger partial charge in [0.1, 0.15) is 0 Å². The van der Waals surface area contributed by atoms with E-state index in [2.05, 4.69) is 12.1 Å². The van der Waals surface area contributed by atoms with Gasteiger partial charge in [-0.3, -0.25) is 0 Å². The molecule has 2 aromatic rings. The van der Waals surface area contributed by atoms with Crippen LogP contribution in [0.15, 0.2) is 48.5 Å². The van der Waals surface area contributed by atoms with E-state index in [1.165, 1.54) is 11.0 Å². The van der Waals surface area contributed by atoms with Crippen molar-refractivity contribution in [2.45, 2.75) is 13.2 Å². The van der Waals surface area contributed by atoms with Gasteiger partial charge in [-0.05, 0) is 22.1 Å². The van der Waals surface area contributed by atoms with Gasteiger partial charge in [-0.2, -0.15) is 0 Å². The molecule has 0 amide bonds. The summed E-state index contributed by atoms with van der Waals surface area (Å²) in [6.45, 7) is 0.674. The van der Waals surface area contributed by atoms with E-state index in [9.17, 15) is 5.11 Å². The van der Waals surface area contributed by atoms with Crippen LogP contribution in [0.1, 0.15) is 11.1 Å². The first-order chi connectivity index (χ1) is 8.40. The van der Waals surface area contributed by atoms with E-state index in [4.69, 9.17) is 4.65 Å². The van der Waals surface area contributed by atoms with E-state index in [1.807, 2.05) is 36.4 Å². The van der Waals surface area contributed by atoms with Gasteiger partial charge >= 0.3 is 6.92 Å². The van der Waals surface area contributed by atoms with Crippen molar-refractivity contribution in [1.29, 1.82) is 0 Å². The van der Waals surface area contributed by atoms with Crippen LogP contribution >= 0.6 is 0 Å². The van der Waals surface area contributed by atoms with Crippen molar-refractivity contribution < 1.29 is 9.76 Å². The average molecular weight is 224 g/mol. The van der Waals surface area contributed by atoms with Gasteiger partial charge in [0.25, 0.3) is 0 Å². The highest BCUT2D eigenvalue weighted by atomic mass is 16.4. The van der Waals surface area contributed by atoms with Gasteiger partial charge in [-0.25, -0.2) is 0 Å². The summed E-state index contributed by atoms with van der Waals surface area (Å²) in [5, 5.41) is 9.37. The SMILES string of the molecule is OCc1ccccc1B1OCc2ccccc21. The van der Waals surface area contributed by atoms with Crippen molar-refractivity contribution in [2.75, 3.05) is 0 Å². The van der Waals surface area contributed by atoms with Gasteiger partial charge in [0, 0.05) is 0 Å². The van der Waals surface area contributed by atoms with Crippen molar-refractivity contribution in [2.24, 2.45) is 0 Å². The first-order valence-electron chi connectivity index (χ1n) is 5.78. The average Bonchev–Trinajstić information content (AvgIpc) is 2.82. The van der Waals surface area contributed by atoms with Crippen LogP contribution in [0.5, 0.6) is 0 Å². The Morgan fingerprint density at radius 2 is 1.71 bits per heavy atom. The highest BCUT2D eigenvalue weighted by molar-refractivity contribution is 6.81. The Bertz CT molecular complexity index is 539. The van der Waals surface area contributed by atoms with Gasteiger partial charge in [0.15, 0.2) is 0 Å². The molecule has 1 N–H and O–H groups in total. The predicted octanol–water partition coefficient (Wildman–Crippen LogP) is 0.815. The van der Waals surface area contributed by atoms with Crippen LogP contribution in [0.3, 0.4) is 0 Å². The number of rotatable bonds is 2. The molecule has 0 atom stereocenters. The summed E-state index contributed by atoms with van der Waals surface area (Å²) in [4.78, 5) is 0. The maximum absolute atomic E-state index is 9.37. The lowest BCUT2D eigenvalue weighted by atomic mass is 9.54. The summed E-state index contributed by atoms with van der Waals surface area (Å²) >= 11 is 0. The summed E-state index contributed by atoms with van der Waals surface area (Å²) in [5.74, 6) is 0. The highest BCUT2D eigenvalue weighted by Crippen LogP contribution is 2.11. The Hall–Kier alpha value is -1.58. The zero-order chi connectivity index (χ0) is 11.7. The van der Waals surface area contributed by atoms with E-state index < -0.39 is 0 Å². The van der Waals surface area contributed by atoms with Crippen molar-refractivity contribution >= 4 is 17.8 Å². The number of benzene rings is 2. The third-order valence-electron chi connectivity index (χ3n) is 3.25. The maximum Gasteiger partial charge on any atom is 0.362 e. The van der Waals surface area contributed by atoms with E-state index >= 15 is 0 Å². The summed E-state index contributed by atoms with van der Waals surface area (Å²) < 4.78 is 5.84. The molecule has 0 unspecified atom stereocenters. The second kappa shape index (κ2) is 4.36. The number of aliphatic hydroxyl groups is 1. The van der Waals surface area contributed by atoms with Crippen LogP contribution < -0.4 is 10.9 Å². The molecule has 0 aromatic heterocycles. The molecule has 1 aliphatic rings. The molecule has 0 saturated carbocycles. The molecule has 0 spiro atoms. The molecular weight excluding hydrogens is 211 g/mol. The normalized spacial score (nSPS) is 13.8. The molecule has 0 radical (unpaired) electrons. The molecule has 0 fully saturated rings. The van der Waals surface area contributed by atoms with E-state index in [-0.39, 0.29) is 13.5 Å². The molecule has 17 heavy (non-hydrogen) atoms. The molecule has 0 aliphatic carbocycles. The fraction of sp³-hybridized carbons (Fsp3) is 0.143. The van der Waals surface area contributed by atoms with Crippen LogP contribution in [0.2, 0.25) is 0 Å². The summed E-state index contributed by atoms with van der Waals surface area (Å²) in [5.41, 5.74) is 4.47. The van der Waals surface area contributed by atoms with Crippen LogP contribution in [0, 0.1) is 0 Å². The lowest BCUT2D eigenvalue weighted by molar-refractivity contribution is 0.282. The smallest absolute Gasteiger partial charge is 0.362 e. The molecule has 0 bridgehead atoms. The second-order valence-electron chi connectivity index (χ2n) is 4.25. The largest absolute Gasteiger partial charge is 0.423 e. The van der Waals surface area contributed by atoms with Gasteiger partial charge < -0.3 is 9.76 Å². The van der Waals surface area contributed by atoms with Crippen molar-refractivity contribution in [3.05, 3.63) is 59.7 Å². The summed E-state index contributed by atoms with van der Waals surface area (Å²) in [6.07, 6.45) is 0. The minimum Gasteiger partial charge on any atom is -0.423 e. The molecule has 0 saturated heterocycles. The fourth-order valence-corrected chi connectivity index (χ4v) is 2.38. The van der Waals surface area contributed by atoms with E-state index in [0.29, 0.717) is 6.61 Å². The topological polar surface area (TPSA) is 29.5 Å². The van der Waals surface area contributed by atoms with Crippen LogP contribution in [0.25, 0.3) is 0 Å². The minimum absolute atomic E-state index is 0.0328. The molecular formula is C14H13BO2. The van der Waals surface area contributed by atoms with Crippen LogP contribution in [0.4, 0.5) is 0 Å². The van der Waals surface area contributed by atoms with Crippen LogP contribution in [-0.2, 0) is 17.9 Å². The van der Waals surface area contributed by atoms with Crippen molar-refractivity contribution in [3.8, 4) is 0 Å². The quantitative estimate of drug-likeness (QED) is 0.765. The molecule has 3 heteroatoms. The Labute approximate surface area is 101 Å². The zero-order valence-electron chi connectivity index (χ0n) is 9.47. The highest BCUT2D eigenvalue weighted by Gasteiger charge is 2.30. The lowest BCUT2D eigenvalue weighted by Crippen LogP contribution is -2.43. The lowest BCUT2D eigenvalue weighted by Gasteiger charge is -2.11. The van der Waals surface area contributed by atoms with E-state index in [0.717, 1.165) is 11.0 Å². The van der Waals surface area contributed by atoms with Crippen LogP contribution in [-0.4, -0.2) is 12.0 Å². The molecule has 3 rings (SSSR count). The fourth-order valence-electron chi connectivity index (χ4n) is 2.38. The van der Waals surface area contributed by atoms with Crippen molar-refractivity contribution in [1.82, 2.24) is 0 Å². The number of hydrogen-bond acceptors (Lipinski definition) is 2. The first-order valence-corrected chi connectivity index (χ1v) is 5.78. The second-order valence-corrected chi connectivity index (χ2v) is 4.25. The number of hydrogen-bond donors (Lipinski definition) is 1. The maximum atomic E-state index is 9.37. The number of aliphatic hydroxyl groups excluding tert-OH is 1.